The molecule has 0 aliphatic carbocycles. The summed E-state index contributed by atoms with van der Waals surface area (Å²) in [5.41, 5.74) is 5.74. The van der Waals surface area contributed by atoms with Crippen LogP contribution in [0.3, 0.4) is 0 Å². The molecule has 7 heteroatoms. The van der Waals surface area contributed by atoms with Crippen molar-refractivity contribution in [3.8, 4) is 5.75 Å². The third kappa shape index (κ3) is 6.44. The maximum absolute atomic E-state index is 12.1. The summed E-state index contributed by atoms with van der Waals surface area (Å²) in [4.78, 5) is 10.4. The predicted molar refractivity (Wildman–Crippen MR) is 69.5 cm³/mol. The summed E-state index contributed by atoms with van der Waals surface area (Å²) < 4.78 is 33.6. The quantitative estimate of drug-likeness (QED) is 0.674. The molecule has 0 fully saturated rings. The zero-order valence-corrected chi connectivity index (χ0v) is 11.1. The summed E-state index contributed by atoms with van der Waals surface area (Å²) in [5, 5.41) is 3.13. The van der Waals surface area contributed by atoms with Gasteiger partial charge in [0.25, 0.3) is 0 Å². The molecule has 1 atom stereocenters. The van der Waals surface area contributed by atoms with E-state index in [1.807, 2.05) is 6.92 Å². The van der Waals surface area contributed by atoms with Crippen molar-refractivity contribution in [2.24, 2.45) is 5.73 Å². The first-order chi connectivity index (χ1) is 9.49. The number of benzene rings is 1. The van der Waals surface area contributed by atoms with E-state index in [2.05, 4.69) is 10.1 Å². The molecular formula is C13H18F2N2O3. The highest BCUT2D eigenvalue weighted by Gasteiger charge is 2.08. The van der Waals surface area contributed by atoms with Gasteiger partial charge in [0, 0.05) is 12.6 Å². The molecule has 0 saturated heterocycles. The monoisotopic (exact) mass is 288 g/mol. The molecule has 0 aromatic heterocycles. The SMILES string of the molecule is CC(NCCOCC(N)=O)c1cccc(OC(F)F)c1. The number of hydrogen-bond donors (Lipinski definition) is 2. The molecular weight excluding hydrogens is 270 g/mol. The van der Waals surface area contributed by atoms with Crippen molar-refractivity contribution in [2.75, 3.05) is 19.8 Å². The van der Waals surface area contributed by atoms with Gasteiger partial charge >= 0.3 is 6.61 Å². The van der Waals surface area contributed by atoms with E-state index in [4.69, 9.17) is 10.5 Å². The smallest absolute Gasteiger partial charge is 0.387 e. The molecule has 0 bridgehead atoms. The van der Waals surface area contributed by atoms with E-state index in [0.717, 1.165) is 5.56 Å². The number of alkyl halides is 2. The van der Waals surface area contributed by atoms with Gasteiger partial charge in [-0.15, -0.1) is 0 Å². The Balaban J connectivity index is 2.38. The van der Waals surface area contributed by atoms with Crippen LogP contribution in [0.4, 0.5) is 8.78 Å². The summed E-state index contributed by atoms with van der Waals surface area (Å²) >= 11 is 0. The summed E-state index contributed by atoms with van der Waals surface area (Å²) in [7, 11) is 0. The van der Waals surface area contributed by atoms with Gasteiger partial charge in [-0.1, -0.05) is 12.1 Å². The van der Waals surface area contributed by atoms with Crippen LogP contribution in [0.5, 0.6) is 5.75 Å². The van der Waals surface area contributed by atoms with Crippen LogP contribution in [0.1, 0.15) is 18.5 Å². The van der Waals surface area contributed by atoms with Crippen LogP contribution < -0.4 is 15.8 Å². The Bertz CT molecular complexity index is 430. The third-order valence-corrected chi connectivity index (χ3v) is 2.52. The molecule has 1 aromatic rings. The molecule has 1 amide bonds. The van der Waals surface area contributed by atoms with Gasteiger partial charge in [0.15, 0.2) is 0 Å². The van der Waals surface area contributed by atoms with Gasteiger partial charge in [-0.3, -0.25) is 4.79 Å². The average molecular weight is 288 g/mol. The lowest BCUT2D eigenvalue weighted by Crippen LogP contribution is -2.26. The molecule has 3 N–H and O–H groups in total. The van der Waals surface area contributed by atoms with Crippen molar-refractivity contribution >= 4 is 5.91 Å². The van der Waals surface area contributed by atoms with E-state index in [9.17, 15) is 13.6 Å². The fourth-order valence-corrected chi connectivity index (χ4v) is 1.60. The van der Waals surface area contributed by atoms with Crippen LogP contribution in [0.25, 0.3) is 0 Å². The highest BCUT2D eigenvalue weighted by Crippen LogP contribution is 2.20. The second kappa shape index (κ2) is 8.44. The first kappa shape index (κ1) is 16.3. The molecule has 1 aromatic carbocycles. The van der Waals surface area contributed by atoms with Crippen LogP contribution in [0.15, 0.2) is 24.3 Å². The minimum Gasteiger partial charge on any atom is -0.435 e. The van der Waals surface area contributed by atoms with Crippen LogP contribution in [0.2, 0.25) is 0 Å². The van der Waals surface area contributed by atoms with Crippen molar-refractivity contribution in [1.29, 1.82) is 0 Å². The molecule has 0 spiro atoms. The molecule has 112 valence electrons. The Kier molecular flexibility index (Phi) is 6.89. The Morgan fingerprint density at radius 2 is 2.20 bits per heavy atom. The first-order valence-electron chi connectivity index (χ1n) is 6.13. The van der Waals surface area contributed by atoms with Crippen molar-refractivity contribution in [3.63, 3.8) is 0 Å². The zero-order chi connectivity index (χ0) is 15.0. The lowest BCUT2D eigenvalue weighted by atomic mass is 10.1. The number of ether oxygens (including phenoxy) is 2. The van der Waals surface area contributed by atoms with Gasteiger partial charge in [-0.2, -0.15) is 8.78 Å². The van der Waals surface area contributed by atoms with Gasteiger partial charge in [-0.25, -0.2) is 0 Å². The Hall–Kier alpha value is -1.73. The molecule has 0 radical (unpaired) electrons. The zero-order valence-electron chi connectivity index (χ0n) is 11.1. The Labute approximate surface area is 116 Å². The average Bonchev–Trinajstić information content (AvgIpc) is 2.37. The van der Waals surface area contributed by atoms with Crippen molar-refractivity contribution in [1.82, 2.24) is 5.32 Å². The van der Waals surface area contributed by atoms with Gasteiger partial charge in [0.05, 0.1) is 6.61 Å². The number of carbonyl (C=O) groups is 1. The molecule has 0 heterocycles. The molecule has 0 aliphatic rings. The molecule has 20 heavy (non-hydrogen) atoms. The van der Waals surface area contributed by atoms with Crippen molar-refractivity contribution in [3.05, 3.63) is 29.8 Å². The van der Waals surface area contributed by atoms with E-state index in [0.29, 0.717) is 13.2 Å². The van der Waals surface area contributed by atoms with Crippen molar-refractivity contribution in [2.45, 2.75) is 19.6 Å². The van der Waals surface area contributed by atoms with Crippen LogP contribution >= 0.6 is 0 Å². The number of rotatable bonds is 9. The highest BCUT2D eigenvalue weighted by atomic mass is 19.3. The van der Waals surface area contributed by atoms with Crippen molar-refractivity contribution < 1.29 is 23.0 Å². The largest absolute Gasteiger partial charge is 0.435 e. The van der Waals surface area contributed by atoms with Gasteiger partial charge in [-0.05, 0) is 24.6 Å². The van der Waals surface area contributed by atoms with E-state index < -0.39 is 12.5 Å². The third-order valence-electron chi connectivity index (χ3n) is 2.52. The second-order valence-corrected chi connectivity index (χ2v) is 4.15. The number of primary amides is 1. The van der Waals surface area contributed by atoms with E-state index in [1.54, 1.807) is 18.2 Å². The van der Waals surface area contributed by atoms with E-state index >= 15 is 0 Å². The van der Waals surface area contributed by atoms with Crippen LogP contribution in [0, 0.1) is 0 Å². The minimum atomic E-state index is -2.84. The van der Waals surface area contributed by atoms with Gasteiger partial charge in [0.1, 0.15) is 12.4 Å². The summed E-state index contributed by atoms with van der Waals surface area (Å²) in [5.74, 6) is -0.397. The number of nitrogens with one attached hydrogen (secondary N) is 1. The molecule has 5 nitrogen and oxygen atoms in total. The fraction of sp³-hybridized carbons (Fsp3) is 0.462. The summed E-state index contributed by atoms with van der Waals surface area (Å²) in [6, 6.07) is 6.41. The predicted octanol–water partition coefficient (Wildman–Crippen LogP) is 1.44. The number of hydrogen-bond acceptors (Lipinski definition) is 4. The normalized spacial score (nSPS) is 12.4. The number of amides is 1. The highest BCUT2D eigenvalue weighted by molar-refractivity contribution is 5.74. The second-order valence-electron chi connectivity index (χ2n) is 4.15. The lowest BCUT2D eigenvalue weighted by Gasteiger charge is -2.15. The summed E-state index contributed by atoms with van der Waals surface area (Å²) in [6.07, 6.45) is 0. The fourth-order valence-electron chi connectivity index (χ4n) is 1.60. The minimum absolute atomic E-state index is 0.0617. The lowest BCUT2D eigenvalue weighted by molar-refractivity contribution is -0.122. The molecule has 0 saturated carbocycles. The molecule has 1 unspecified atom stereocenters. The number of halogens is 2. The van der Waals surface area contributed by atoms with Gasteiger partial charge < -0.3 is 20.5 Å². The molecule has 1 rings (SSSR count). The maximum Gasteiger partial charge on any atom is 0.387 e. The van der Waals surface area contributed by atoms with E-state index in [-0.39, 0.29) is 18.4 Å². The maximum atomic E-state index is 12.1. The van der Waals surface area contributed by atoms with E-state index in [1.165, 1.54) is 6.07 Å². The van der Waals surface area contributed by atoms with Crippen LogP contribution in [-0.2, 0) is 9.53 Å². The molecule has 0 aliphatic heterocycles. The Morgan fingerprint density at radius 1 is 1.45 bits per heavy atom. The first-order valence-corrected chi connectivity index (χ1v) is 6.13. The number of carbonyl (C=O) groups excluding carboxylic acids is 1. The standard InChI is InChI=1S/C13H18F2N2O3/c1-9(17-5-6-19-8-12(16)18)10-3-2-4-11(7-10)20-13(14)15/h2-4,7,9,13,17H,5-6,8H2,1H3,(H2,16,18). The summed E-state index contributed by atoms with van der Waals surface area (Å²) in [6.45, 7) is -0.228. The van der Waals surface area contributed by atoms with Gasteiger partial charge in [0.2, 0.25) is 5.91 Å². The van der Waals surface area contributed by atoms with Crippen LogP contribution in [-0.4, -0.2) is 32.3 Å². The topological polar surface area (TPSA) is 73.6 Å². The Morgan fingerprint density at radius 3 is 2.85 bits per heavy atom. The number of nitrogens with two attached hydrogens (primary N) is 1.